The van der Waals surface area contributed by atoms with Gasteiger partial charge in [0.05, 0.1) is 16.8 Å². The summed E-state index contributed by atoms with van der Waals surface area (Å²) in [6.07, 6.45) is 1.41. The number of hydrogen-bond acceptors (Lipinski definition) is 3. The van der Waals surface area contributed by atoms with Gasteiger partial charge in [0, 0.05) is 0 Å². The van der Waals surface area contributed by atoms with Gasteiger partial charge in [0.1, 0.15) is 11.5 Å². The van der Waals surface area contributed by atoms with E-state index in [1.807, 2.05) is 31.2 Å². The fourth-order valence-electron chi connectivity index (χ4n) is 2.13. The molecule has 0 bridgehead atoms. The monoisotopic (exact) mass is 312 g/mol. The molecule has 5 heteroatoms. The van der Waals surface area contributed by atoms with E-state index in [0.29, 0.717) is 21.9 Å². The molecule has 0 amide bonds. The van der Waals surface area contributed by atoms with Crippen molar-refractivity contribution < 1.29 is 4.74 Å². The molecule has 0 aliphatic carbocycles. The molecule has 0 fully saturated rings. The van der Waals surface area contributed by atoms with Crippen LogP contribution in [0.15, 0.2) is 59.5 Å². The largest absolute Gasteiger partial charge is 0.457 e. The summed E-state index contributed by atoms with van der Waals surface area (Å²) in [7, 11) is 0. The summed E-state index contributed by atoms with van der Waals surface area (Å²) in [6, 6.07) is 15.0. The lowest BCUT2D eigenvalue weighted by Crippen LogP contribution is -2.10. The van der Waals surface area contributed by atoms with Gasteiger partial charge in [-0.15, -0.1) is 0 Å². The number of ether oxygens (including phenoxy) is 1. The maximum atomic E-state index is 11.8. The number of para-hydroxylation sites is 1. The van der Waals surface area contributed by atoms with Gasteiger partial charge < -0.3 is 4.74 Å². The van der Waals surface area contributed by atoms with Crippen molar-refractivity contribution in [3.63, 3.8) is 0 Å². The molecule has 0 atom stereocenters. The number of hydrogen-bond donors (Lipinski definition) is 1. The van der Waals surface area contributed by atoms with Gasteiger partial charge in [0.15, 0.2) is 0 Å². The van der Waals surface area contributed by atoms with Crippen LogP contribution in [0, 0.1) is 6.92 Å². The highest BCUT2D eigenvalue weighted by Gasteiger charge is 2.09. The highest BCUT2D eigenvalue weighted by molar-refractivity contribution is 6.33. The first kappa shape index (κ1) is 14.4. The minimum Gasteiger partial charge on any atom is -0.457 e. The van der Waals surface area contributed by atoms with Crippen molar-refractivity contribution >= 4 is 11.6 Å². The van der Waals surface area contributed by atoms with Crippen LogP contribution in [0.3, 0.4) is 0 Å². The molecule has 4 nitrogen and oxygen atoms in total. The highest BCUT2D eigenvalue weighted by atomic mass is 35.5. The summed E-state index contributed by atoms with van der Waals surface area (Å²) >= 11 is 6.04. The number of benzene rings is 2. The Balaban J connectivity index is 1.91. The average Bonchev–Trinajstić information content (AvgIpc) is 2.51. The van der Waals surface area contributed by atoms with E-state index in [1.54, 1.807) is 24.3 Å². The highest BCUT2D eigenvalue weighted by Crippen LogP contribution is 2.28. The summed E-state index contributed by atoms with van der Waals surface area (Å²) in [5, 5.41) is 6.35. The number of nitrogens with one attached hydrogen (secondary N) is 1. The first-order chi connectivity index (χ1) is 10.6. The van der Waals surface area contributed by atoms with Crippen molar-refractivity contribution in [1.82, 2.24) is 10.2 Å². The Morgan fingerprint density at radius 3 is 2.50 bits per heavy atom. The first-order valence-corrected chi connectivity index (χ1v) is 7.10. The summed E-state index contributed by atoms with van der Waals surface area (Å²) in [5.74, 6) is 1.50. The van der Waals surface area contributed by atoms with Crippen LogP contribution in [-0.4, -0.2) is 10.2 Å². The molecule has 0 radical (unpaired) electrons. The van der Waals surface area contributed by atoms with Gasteiger partial charge in [0.25, 0.3) is 5.56 Å². The fourth-order valence-corrected chi connectivity index (χ4v) is 2.38. The molecule has 2 aromatic carbocycles. The Kier molecular flexibility index (Phi) is 3.94. The van der Waals surface area contributed by atoms with Crippen LogP contribution in [0.5, 0.6) is 11.5 Å². The lowest BCUT2D eigenvalue weighted by atomic mass is 10.1. The van der Waals surface area contributed by atoms with Crippen molar-refractivity contribution in [2.45, 2.75) is 6.92 Å². The predicted molar refractivity (Wildman–Crippen MR) is 86.6 cm³/mol. The maximum absolute atomic E-state index is 11.8. The first-order valence-electron chi connectivity index (χ1n) is 6.72. The van der Waals surface area contributed by atoms with Gasteiger partial charge in [-0.25, -0.2) is 5.10 Å². The van der Waals surface area contributed by atoms with E-state index in [9.17, 15) is 4.79 Å². The van der Waals surface area contributed by atoms with Gasteiger partial charge in [-0.05, 0) is 36.2 Å². The Morgan fingerprint density at radius 2 is 1.82 bits per heavy atom. The second-order valence-electron chi connectivity index (χ2n) is 4.81. The Bertz CT molecular complexity index is 857. The molecule has 22 heavy (non-hydrogen) atoms. The number of H-pyrrole nitrogens is 1. The Hall–Kier alpha value is -2.59. The summed E-state index contributed by atoms with van der Waals surface area (Å²) in [5.41, 5.74) is 1.85. The van der Waals surface area contributed by atoms with E-state index in [1.165, 1.54) is 6.20 Å². The third-order valence-electron chi connectivity index (χ3n) is 3.27. The van der Waals surface area contributed by atoms with Crippen molar-refractivity contribution in [3.05, 3.63) is 75.7 Å². The minimum atomic E-state index is -0.319. The van der Waals surface area contributed by atoms with Crippen LogP contribution in [0.25, 0.3) is 11.1 Å². The van der Waals surface area contributed by atoms with Gasteiger partial charge in [0.2, 0.25) is 0 Å². The molecule has 0 unspecified atom stereocenters. The molecule has 3 aromatic rings. The second-order valence-corrected chi connectivity index (χ2v) is 5.22. The average molecular weight is 313 g/mol. The Labute approximate surface area is 132 Å². The van der Waals surface area contributed by atoms with E-state index < -0.39 is 0 Å². The summed E-state index contributed by atoms with van der Waals surface area (Å²) < 4.78 is 5.83. The van der Waals surface area contributed by atoms with Crippen LogP contribution in [0.2, 0.25) is 5.02 Å². The SMILES string of the molecule is Cc1ccccc1Oc1ccc(-c2c(Cl)cn[nH]c2=O)cc1. The van der Waals surface area contributed by atoms with Gasteiger partial charge >= 0.3 is 0 Å². The molecule has 110 valence electrons. The standard InChI is InChI=1S/C17H13ClN2O2/c1-11-4-2-3-5-15(11)22-13-8-6-12(7-9-13)16-14(18)10-19-20-17(16)21/h2-10H,1H3,(H,20,21). The third kappa shape index (κ3) is 2.87. The van der Waals surface area contributed by atoms with Crippen molar-refractivity contribution in [2.24, 2.45) is 0 Å². The van der Waals surface area contributed by atoms with E-state index in [-0.39, 0.29) is 5.56 Å². The third-order valence-corrected chi connectivity index (χ3v) is 3.56. The van der Waals surface area contributed by atoms with Crippen LogP contribution >= 0.6 is 11.6 Å². The molecule has 0 aliphatic rings. The second kappa shape index (κ2) is 6.03. The molecule has 0 saturated carbocycles. The van der Waals surface area contributed by atoms with Gasteiger partial charge in [-0.1, -0.05) is 41.9 Å². The van der Waals surface area contributed by atoms with Crippen molar-refractivity contribution in [1.29, 1.82) is 0 Å². The van der Waals surface area contributed by atoms with Gasteiger partial charge in [-0.2, -0.15) is 5.10 Å². The van der Waals surface area contributed by atoms with Crippen molar-refractivity contribution in [3.8, 4) is 22.6 Å². The van der Waals surface area contributed by atoms with E-state index >= 15 is 0 Å². The number of nitrogens with zero attached hydrogens (tertiary/aromatic N) is 1. The van der Waals surface area contributed by atoms with Crippen LogP contribution < -0.4 is 10.3 Å². The molecular weight excluding hydrogens is 300 g/mol. The zero-order valence-corrected chi connectivity index (χ0v) is 12.6. The lowest BCUT2D eigenvalue weighted by molar-refractivity contribution is 0.479. The number of rotatable bonds is 3. The zero-order chi connectivity index (χ0) is 15.5. The lowest BCUT2D eigenvalue weighted by Gasteiger charge is -2.09. The molecule has 1 N–H and O–H groups in total. The fraction of sp³-hybridized carbons (Fsp3) is 0.0588. The predicted octanol–water partition coefficient (Wildman–Crippen LogP) is 4.19. The molecule has 3 rings (SSSR count). The van der Waals surface area contributed by atoms with E-state index in [2.05, 4.69) is 10.2 Å². The molecule has 1 aromatic heterocycles. The number of aryl methyl sites for hydroxylation is 1. The van der Waals surface area contributed by atoms with Crippen LogP contribution in [-0.2, 0) is 0 Å². The molecular formula is C17H13ClN2O2. The van der Waals surface area contributed by atoms with E-state index in [0.717, 1.165) is 11.3 Å². The smallest absolute Gasteiger partial charge is 0.273 e. The molecule has 0 saturated heterocycles. The number of aromatic nitrogens is 2. The summed E-state index contributed by atoms with van der Waals surface area (Å²) in [4.78, 5) is 11.8. The minimum absolute atomic E-state index is 0.316. The van der Waals surface area contributed by atoms with Gasteiger partial charge in [-0.3, -0.25) is 4.79 Å². The summed E-state index contributed by atoms with van der Waals surface area (Å²) in [6.45, 7) is 1.99. The molecule has 0 aliphatic heterocycles. The zero-order valence-electron chi connectivity index (χ0n) is 11.8. The quantitative estimate of drug-likeness (QED) is 0.789. The van der Waals surface area contributed by atoms with Crippen molar-refractivity contribution in [2.75, 3.05) is 0 Å². The molecule has 0 spiro atoms. The normalized spacial score (nSPS) is 10.5. The number of halogens is 1. The van der Waals surface area contributed by atoms with E-state index in [4.69, 9.17) is 16.3 Å². The Morgan fingerprint density at radius 1 is 1.09 bits per heavy atom. The van der Waals surface area contributed by atoms with Crippen LogP contribution in [0.1, 0.15) is 5.56 Å². The number of aromatic amines is 1. The maximum Gasteiger partial charge on any atom is 0.273 e. The molecule has 1 heterocycles. The topological polar surface area (TPSA) is 55.0 Å². The van der Waals surface area contributed by atoms with Crippen LogP contribution in [0.4, 0.5) is 0 Å².